The van der Waals surface area contributed by atoms with E-state index in [9.17, 15) is 9.59 Å². The number of amides is 2. The third-order valence-corrected chi connectivity index (χ3v) is 6.18. The molecule has 2 saturated heterocycles. The Morgan fingerprint density at radius 3 is 1.66 bits per heavy atom. The SMILES string of the molecule is CC(C)(C)OC(=O)N1CCC(Cn2cnnn2)CC1.CC(C)(C)OC(=O)N1CCC(Cn2ncnn2)CC1. The van der Waals surface area contributed by atoms with Gasteiger partial charge in [-0.05, 0) is 94.7 Å². The number of hydrogen-bond donors (Lipinski definition) is 0. The van der Waals surface area contributed by atoms with E-state index < -0.39 is 11.2 Å². The number of tetrazole rings is 2. The molecule has 0 atom stereocenters. The van der Waals surface area contributed by atoms with Crippen molar-refractivity contribution in [3.8, 4) is 0 Å². The monoisotopic (exact) mass is 534 g/mol. The van der Waals surface area contributed by atoms with Gasteiger partial charge in [-0.2, -0.15) is 4.80 Å². The number of hydrogen-bond acceptors (Lipinski definition) is 10. The van der Waals surface area contributed by atoms with Crippen molar-refractivity contribution in [1.82, 2.24) is 50.2 Å². The summed E-state index contributed by atoms with van der Waals surface area (Å²) in [5, 5.41) is 22.7. The van der Waals surface area contributed by atoms with Gasteiger partial charge in [-0.25, -0.2) is 14.3 Å². The van der Waals surface area contributed by atoms with E-state index in [1.807, 2.05) is 41.5 Å². The van der Waals surface area contributed by atoms with Gasteiger partial charge in [-0.15, -0.1) is 15.3 Å². The molecule has 0 aliphatic carbocycles. The van der Waals surface area contributed by atoms with Crippen LogP contribution in [-0.2, 0) is 22.6 Å². The molecule has 0 spiro atoms. The Balaban J connectivity index is 0.000000211. The first-order valence-corrected chi connectivity index (χ1v) is 13.3. The predicted octanol–water partition coefficient (Wildman–Crippen LogP) is 2.64. The summed E-state index contributed by atoms with van der Waals surface area (Å²) in [5.41, 5.74) is -0.862. The predicted molar refractivity (Wildman–Crippen MR) is 137 cm³/mol. The molecule has 0 unspecified atom stereocenters. The summed E-state index contributed by atoms with van der Waals surface area (Å²) in [7, 11) is 0. The van der Waals surface area contributed by atoms with E-state index in [1.165, 1.54) is 6.33 Å². The topological polar surface area (TPSA) is 146 Å². The zero-order valence-electron chi connectivity index (χ0n) is 23.5. The van der Waals surface area contributed by atoms with Crippen LogP contribution in [0.5, 0.6) is 0 Å². The molecule has 2 aromatic rings. The van der Waals surface area contributed by atoms with E-state index in [-0.39, 0.29) is 12.2 Å². The number of carbonyl (C=O) groups excluding carboxylic acids is 2. The van der Waals surface area contributed by atoms with Crippen LogP contribution in [0.4, 0.5) is 9.59 Å². The van der Waals surface area contributed by atoms with Crippen LogP contribution in [-0.4, -0.2) is 99.8 Å². The fourth-order valence-electron chi connectivity index (χ4n) is 4.28. The smallest absolute Gasteiger partial charge is 0.410 e. The first-order valence-electron chi connectivity index (χ1n) is 13.3. The normalized spacial score (nSPS) is 17.5. The number of rotatable bonds is 4. The molecule has 0 saturated carbocycles. The highest BCUT2D eigenvalue weighted by Crippen LogP contribution is 2.22. The third-order valence-electron chi connectivity index (χ3n) is 6.18. The minimum Gasteiger partial charge on any atom is -0.444 e. The van der Waals surface area contributed by atoms with Crippen LogP contribution < -0.4 is 0 Å². The van der Waals surface area contributed by atoms with Crippen molar-refractivity contribution in [3.63, 3.8) is 0 Å². The lowest BCUT2D eigenvalue weighted by atomic mass is 9.97. The van der Waals surface area contributed by atoms with Gasteiger partial charge in [-0.3, -0.25) is 0 Å². The maximum atomic E-state index is 11.9. The molecular weight excluding hydrogens is 492 g/mol. The molecule has 2 fully saturated rings. The van der Waals surface area contributed by atoms with Crippen molar-refractivity contribution in [2.45, 2.75) is 91.5 Å². The summed E-state index contributed by atoms with van der Waals surface area (Å²) in [6.45, 7) is 15.8. The molecular formula is C24H42N10O4. The second-order valence-electron chi connectivity index (χ2n) is 11.8. The summed E-state index contributed by atoms with van der Waals surface area (Å²) in [6, 6.07) is 0. The van der Waals surface area contributed by atoms with Gasteiger partial charge in [-0.1, -0.05) is 0 Å². The van der Waals surface area contributed by atoms with Gasteiger partial charge in [0.05, 0.1) is 6.54 Å². The molecule has 0 N–H and O–H groups in total. The molecule has 2 aliphatic heterocycles. The van der Waals surface area contributed by atoms with Crippen LogP contribution in [0.1, 0.15) is 67.2 Å². The van der Waals surface area contributed by atoms with E-state index in [2.05, 4.69) is 30.9 Å². The quantitative estimate of drug-likeness (QED) is 0.573. The second kappa shape index (κ2) is 13.0. The lowest BCUT2D eigenvalue weighted by Crippen LogP contribution is -2.42. The minimum absolute atomic E-state index is 0.214. The van der Waals surface area contributed by atoms with Gasteiger partial charge < -0.3 is 19.3 Å². The fourth-order valence-corrected chi connectivity index (χ4v) is 4.28. The molecule has 38 heavy (non-hydrogen) atoms. The molecule has 4 heterocycles. The Hall–Kier alpha value is -3.32. The van der Waals surface area contributed by atoms with Crippen LogP contribution in [0.15, 0.2) is 12.7 Å². The maximum Gasteiger partial charge on any atom is 0.410 e. The number of carbonyl (C=O) groups is 2. The molecule has 212 valence electrons. The van der Waals surface area contributed by atoms with E-state index in [1.54, 1.807) is 25.6 Å². The molecule has 2 amide bonds. The average molecular weight is 535 g/mol. The second-order valence-corrected chi connectivity index (χ2v) is 11.8. The number of likely N-dealkylation sites (tertiary alicyclic amines) is 2. The van der Waals surface area contributed by atoms with E-state index in [4.69, 9.17) is 9.47 Å². The largest absolute Gasteiger partial charge is 0.444 e. The van der Waals surface area contributed by atoms with Crippen LogP contribution in [0, 0.1) is 11.8 Å². The van der Waals surface area contributed by atoms with Gasteiger partial charge in [0.15, 0.2) is 6.33 Å². The molecule has 2 aliphatic rings. The number of aromatic nitrogens is 8. The molecule has 0 aromatic carbocycles. The van der Waals surface area contributed by atoms with Crippen molar-refractivity contribution in [1.29, 1.82) is 0 Å². The van der Waals surface area contributed by atoms with Crippen LogP contribution in [0.3, 0.4) is 0 Å². The highest BCUT2D eigenvalue weighted by molar-refractivity contribution is 5.68. The third kappa shape index (κ3) is 10.2. The Morgan fingerprint density at radius 1 is 0.763 bits per heavy atom. The molecule has 4 rings (SSSR count). The average Bonchev–Trinajstić information content (AvgIpc) is 3.53. The van der Waals surface area contributed by atoms with E-state index in [0.29, 0.717) is 11.8 Å². The summed E-state index contributed by atoms with van der Waals surface area (Å²) in [5.74, 6) is 1.01. The summed E-state index contributed by atoms with van der Waals surface area (Å²) >= 11 is 0. The number of nitrogens with zero attached hydrogens (tertiary/aromatic N) is 10. The van der Waals surface area contributed by atoms with Crippen molar-refractivity contribution >= 4 is 12.2 Å². The lowest BCUT2D eigenvalue weighted by Gasteiger charge is -2.33. The Kier molecular flexibility index (Phi) is 9.97. The van der Waals surface area contributed by atoms with Crippen LogP contribution in [0.2, 0.25) is 0 Å². The Labute approximate surface area is 224 Å². The molecule has 0 radical (unpaired) electrons. The molecule has 0 bridgehead atoms. The highest BCUT2D eigenvalue weighted by Gasteiger charge is 2.28. The van der Waals surface area contributed by atoms with Gasteiger partial charge >= 0.3 is 12.2 Å². The van der Waals surface area contributed by atoms with E-state index >= 15 is 0 Å². The standard InChI is InChI=1S/2C12H21N5O2/c1-12(2,3)19-11(18)16-6-4-10(5-7-16)8-17-9-13-14-15-17;1-12(2,3)19-11(18)16-6-4-10(5-7-16)8-17-14-9-13-15-17/h2*9-10H,4-8H2,1-3H3. The Morgan fingerprint density at radius 2 is 1.26 bits per heavy atom. The highest BCUT2D eigenvalue weighted by atomic mass is 16.6. The number of piperidine rings is 2. The zero-order chi connectivity index (χ0) is 27.8. The van der Waals surface area contributed by atoms with Crippen molar-refractivity contribution in [2.75, 3.05) is 26.2 Å². The van der Waals surface area contributed by atoms with Gasteiger partial charge in [0.25, 0.3) is 0 Å². The summed E-state index contributed by atoms with van der Waals surface area (Å²) in [4.78, 5) is 29.0. The van der Waals surface area contributed by atoms with Crippen molar-refractivity contribution in [2.24, 2.45) is 11.8 Å². The van der Waals surface area contributed by atoms with Crippen LogP contribution >= 0.6 is 0 Å². The molecule has 14 heteroatoms. The Bertz CT molecular complexity index is 889. The fraction of sp³-hybridized carbons (Fsp3) is 0.833. The number of ether oxygens (including phenoxy) is 2. The lowest BCUT2D eigenvalue weighted by molar-refractivity contribution is 0.0165. The molecule has 2 aromatic heterocycles. The van der Waals surface area contributed by atoms with E-state index in [0.717, 1.165) is 65.0 Å². The molecule has 14 nitrogen and oxygen atoms in total. The zero-order valence-corrected chi connectivity index (χ0v) is 23.5. The van der Waals surface area contributed by atoms with Gasteiger partial charge in [0, 0.05) is 32.7 Å². The minimum atomic E-state index is -0.432. The first-order chi connectivity index (χ1) is 17.9. The first kappa shape index (κ1) is 29.2. The van der Waals surface area contributed by atoms with Crippen molar-refractivity contribution in [3.05, 3.63) is 12.7 Å². The summed E-state index contributed by atoms with van der Waals surface area (Å²) in [6.07, 6.45) is 6.44. The van der Waals surface area contributed by atoms with Crippen LogP contribution in [0.25, 0.3) is 0 Å². The van der Waals surface area contributed by atoms with Crippen molar-refractivity contribution < 1.29 is 19.1 Å². The van der Waals surface area contributed by atoms with Gasteiger partial charge in [0.1, 0.15) is 17.5 Å². The summed E-state index contributed by atoms with van der Waals surface area (Å²) < 4.78 is 12.5. The van der Waals surface area contributed by atoms with Gasteiger partial charge in [0.2, 0.25) is 0 Å². The maximum absolute atomic E-state index is 11.9.